The van der Waals surface area contributed by atoms with Crippen molar-refractivity contribution in [2.24, 2.45) is 0 Å². The summed E-state index contributed by atoms with van der Waals surface area (Å²) in [7, 11) is -10.0. The second-order valence-corrected chi connectivity index (χ2v) is 8.52. The van der Waals surface area contributed by atoms with Crippen LogP contribution in [0.4, 0.5) is 5.95 Å². The van der Waals surface area contributed by atoms with Gasteiger partial charge in [-0.25, -0.2) is 14.1 Å². The zero-order valence-corrected chi connectivity index (χ0v) is 16.2. The highest BCUT2D eigenvalue weighted by atomic mass is 32.1. The molecule has 156 valence electrons. The first-order valence-electron chi connectivity index (χ1n) is 7.35. The summed E-state index contributed by atoms with van der Waals surface area (Å²) in [4.78, 5) is 46.4. The van der Waals surface area contributed by atoms with Gasteiger partial charge < -0.3 is 40.1 Å². The first kappa shape index (κ1) is 21.4. The predicted molar refractivity (Wildman–Crippen MR) is 92.0 cm³/mol. The molecule has 1 aliphatic rings. The van der Waals surface area contributed by atoms with Crippen molar-refractivity contribution in [2.45, 2.75) is 24.5 Å². The van der Waals surface area contributed by atoms with Crippen molar-refractivity contribution in [1.29, 1.82) is 0 Å². The molecular weight excluding hydrogens is 444 g/mol. The van der Waals surface area contributed by atoms with E-state index in [1.165, 1.54) is 10.9 Å². The number of aromatic amines is 1. The smallest absolute Gasteiger partial charge is 0.386 e. The molecule has 8 N–H and O–H groups in total. The lowest BCUT2D eigenvalue weighted by atomic mass is 10.1. The van der Waals surface area contributed by atoms with E-state index < -0.39 is 46.8 Å². The van der Waals surface area contributed by atoms with Gasteiger partial charge in [0.15, 0.2) is 11.9 Å². The largest absolute Gasteiger partial charge is 0.470 e. The van der Waals surface area contributed by atoms with Gasteiger partial charge in [-0.2, -0.15) is 4.98 Å². The third kappa shape index (κ3) is 4.64. The van der Waals surface area contributed by atoms with Gasteiger partial charge in [-0.1, -0.05) is 12.2 Å². The summed E-state index contributed by atoms with van der Waals surface area (Å²) >= 11 is 5.07. The number of phosphoric ester groups is 2. The highest BCUT2D eigenvalue weighted by molar-refractivity contribution is 7.71. The minimum atomic E-state index is -5.09. The van der Waals surface area contributed by atoms with Crippen molar-refractivity contribution in [1.82, 2.24) is 19.5 Å². The summed E-state index contributed by atoms with van der Waals surface area (Å²) in [5.41, 5.74) is 5.91. The average molecular weight is 459 g/mol. The normalized spacial score (nSPS) is 26.2. The Morgan fingerprint density at radius 2 is 2.00 bits per heavy atom. The Morgan fingerprint density at radius 1 is 1.32 bits per heavy atom. The van der Waals surface area contributed by atoms with Crippen molar-refractivity contribution in [2.75, 3.05) is 12.3 Å². The maximum Gasteiger partial charge on any atom is 0.470 e. The lowest BCUT2D eigenvalue weighted by Crippen LogP contribution is -2.35. The average Bonchev–Trinajstić information content (AvgIpc) is 3.06. The van der Waals surface area contributed by atoms with Crippen LogP contribution in [-0.4, -0.2) is 69.1 Å². The molecular formula is C10H15N5O10P2S. The summed E-state index contributed by atoms with van der Waals surface area (Å²) in [6, 6.07) is 0. The Kier molecular flexibility index (Phi) is 5.75. The zero-order chi connectivity index (χ0) is 20.9. The Balaban J connectivity index is 1.97. The highest BCUT2D eigenvalue weighted by Gasteiger charge is 2.49. The van der Waals surface area contributed by atoms with E-state index in [0.717, 1.165) is 0 Å². The van der Waals surface area contributed by atoms with E-state index in [2.05, 4.69) is 24.0 Å². The zero-order valence-electron chi connectivity index (χ0n) is 13.6. The molecule has 15 nitrogen and oxygen atoms in total. The molecule has 0 spiro atoms. The van der Waals surface area contributed by atoms with Crippen LogP contribution in [-0.2, 0) is 22.9 Å². The summed E-state index contributed by atoms with van der Waals surface area (Å²) in [5, 5.41) is 10.5. The third-order valence-electron chi connectivity index (χ3n) is 3.70. The fourth-order valence-electron chi connectivity index (χ4n) is 2.67. The molecule has 1 aliphatic heterocycles. The Hall–Kier alpha value is -1.29. The summed E-state index contributed by atoms with van der Waals surface area (Å²) < 4.78 is 37.8. The van der Waals surface area contributed by atoms with E-state index in [-0.39, 0.29) is 21.8 Å². The first-order valence-corrected chi connectivity index (χ1v) is 10.8. The van der Waals surface area contributed by atoms with Gasteiger partial charge in [-0.05, 0) is 0 Å². The van der Waals surface area contributed by atoms with E-state index in [0.29, 0.717) is 0 Å². The monoisotopic (exact) mass is 459 g/mol. The fourth-order valence-corrected chi connectivity index (χ4v) is 3.84. The third-order valence-corrected chi connectivity index (χ3v) is 5.00. The number of phosphoric acid groups is 2. The Bertz CT molecular complexity index is 1030. The second-order valence-electron chi connectivity index (χ2n) is 5.68. The molecule has 1 fully saturated rings. The van der Waals surface area contributed by atoms with E-state index in [1.807, 2.05) is 0 Å². The number of nitrogens with zero attached hydrogens (tertiary/aromatic N) is 3. The lowest BCUT2D eigenvalue weighted by Gasteiger charge is -2.20. The molecule has 0 amide bonds. The van der Waals surface area contributed by atoms with E-state index in [4.69, 9.17) is 42.3 Å². The number of ether oxygens (including phenoxy) is 1. The summed E-state index contributed by atoms with van der Waals surface area (Å²) in [6.07, 6.45) is -5.00. The van der Waals surface area contributed by atoms with Crippen LogP contribution in [0.5, 0.6) is 0 Å². The van der Waals surface area contributed by atoms with Gasteiger partial charge in [0.1, 0.15) is 28.5 Å². The quantitative estimate of drug-likeness (QED) is 0.201. The minimum Gasteiger partial charge on any atom is -0.386 e. The molecule has 1 saturated heterocycles. The van der Waals surface area contributed by atoms with Crippen LogP contribution in [0, 0.1) is 4.64 Å². The van der Waals surface area contributed by atoms with Crippen LogP contribution >= 0.6 is 27.9 Å². The van der Waals surface area contributed by atoms with E-state index in [1.54, 1.807) is 0 Å². The Morgan fingerprint density at radius 3 is 2.61 bits per heavy atom. The highest BCUT2D eigenvalue weighted by Crippen LogP contribution is 2.45. The molecule has 3 heterocycles. The van der Waals surface area contributed by atoms with Crippen LogP contribution in [0.25, 0.3) is 11.2 Å². The maximum atomic E-state index is 11.2. The van der Waals surface area contributed by atoms with Crippen LogP contribution in [0.15, 0.2) is 6.33 Å². The maximum absolute atomic E-state index is 11.2. The molecule has 2 aromatic heterocycles. The molecule has 0 aromatic carbocycles. The number of hydrogen-bond donors (Lipinski definition) is 7. The van der Waals surface area contributed by atoms with Gasteiger partial charge in [-0.15, -0.1) is 0 Å². The molecule has 0 aliphatic carbocycles. The van der Waals surface area contributed by atoms with E-state index >= 15 is 0 Å². The standard InChI is InChI=1S/C10H15N5O10P2S/c11-10-13-7-4(8(28)14-10)12-2-15(7)9-5(16)6(25-27(20,21)22)3(24-9)1-23-26(17,18)19/h2-3,5-6,9,16H,1H2,(H2,17,18,19)(H2,20,21,22)(H3,11,13,14,28)/t3-,5-,6-,9-/m1/s1. The molecule has 0 radical (unpaired) electrons. The molecule has 18 heteroatoms. The van der Waals surface area contributed by atoms with Gasteiger partial charge in [0.25, 0.3) is 0 Å². The molecule has 4 atom stereocenters. The number of nitrogens with one attached hydrogen (secondary N) is 1. The molecule has 3 rings (SSSR count). The topological polar surface area (TPSA) is 235 Å². The number of nitrogen functional groups attached to an aromatic ring is 1. The SMILES string of the molecule is Nc1nc2c(ncn2[C@@H]2O[C@H](COP(=O)(O)O)[C@@H](OP(=O)(O)O)[C@H]2O)c(=S)[nH]1. The molecule has 2 aromatic rings. The van der Waals surface area contributed by atoms with Gasteiger partial charge in [0.05, 0.1) is 12.9 Å². The van der Waals surface area contributed by atoms with Crippen molar-refractivity contribution in [3.63, 3.8) is 0 Å². The number of fused-ring (bicyclic) bond motifs is 1. The van der Waals surface area contributed by atoms with Crippen molar-refractivity contribution >= 4 is 45.0 Å². The molecule has 28 heavy (non-hydrogen) atoms. The van der Waals surface area contributed by atoms with E-state index in [9.17, 15) is 14.2 Å². The van der Waals surface area contributed by atoms with Crippen LogP contribution < -0.4 is 5.73 Å². The van der Waals surface area contributed by atoms with Gasteiger partial charge in [-0.3, -0.25) is 13.6 Å². The first-order chi connectivity index (χ1) is 12.9. The number of aliphatic hydroxyl groups excluding tert-OH is 1. The number of anilines is 1. The van der Waals surface area contributed by atoms with Gasteiger partial charge in [0.2, 0.25) is 5.95 Å². The molecule has 0 bridgehead atoms. The van der Waals surface area contributed by atoms with Gasteiger partial charge in [0, 0.05) is 0 Å². The van der Waals surface area contributed by atoms with Crippen molar-refractivity contribution in [3.8, 4) is 0 Å². The lowest BCUT2D eigenvalue weighted by molar-refractivity contribution is -0.0502. The number of aromatic nitrogens is 4. The summed E-state index contributed by atoms with van der Waals surface area (Å²) in [5.74, 6) is -0.0591. The van der Waals surface area contributed by atoms with Crippen molar-refractivity contribution < 1.29 is 47.6 Å². The minimum absolute atomic E-state index is 0.0591. The van der Waals surface area contributed by atoms with Crippen molar-refractivity contribution in [3.05, 3.63) is 11.0 Å². The Labute approximate surface area is 160 Å². The predicted octanol–water partition coefficient (Wildman–Crippen LogP) is -1.08. The van der Waals surface area contributed by atoms with Gasteiger partial charge >= 0.3 is 15.6 Å². The number of nitrogens with two attached hydrogens (primary N) is 1. The summed E-state index contributed by atoms with van der Waals surface area (Å²) in [6.45, 7) is -0.829. The molecule has 0 saturated carbocycles. The number of rotatable bonds is 6. The van der Waals surface area contributed by atoms with Crippen LogP contribution in [0.2, 0.25) is 0 Å². The number of aliphatic hydroxyl groups is 1. The number of H-pyrrole nitrogens is 1. The fraction of sp³-hybridized carbons (Fsp3) is 0.500. The second kappa shape index (κ2) is 7.51. The number of hydrogen-bond acceptors (Lipinski definition) is 10. The number of imidazole rings is 1. The van der Waals surface area contributed by atoms with Crippen LogP contribution in [0.1, 0.15) is 6.23 Å². The molecule has 0 unspecified atom stereocenters. The van der Waals surface area contributed by atoms with Crippen LogP contribution in [0.3, 0.4) is 0 Å².